The van der Waals surface area contributed by atoms with Gasteiger partial charge in [-0.25, -0.2) is 8.42 Å². The third-order valence-electron chi connectivity index (χ3n) is 4.70. The Morgan fingerprint density at radius 1 is 1.00 bits per heavy atom. The molecule has 0 aliphatic heterocycles. The van der Waals surface area contributed by atoms with Crippen LogP contribution in [0.15, 0.2) is 70.9 Å². The van der Waals surface area contributed by atoms with E-state index >= 15 is 0 Å². The van der Waals surface area contributed by atoms with Crippen molar-refractivity contribution in [2.75, 3.05) is 7.11 Å². The SMILES string of the molecule is COc1ccc(OC#CC(C)(C)N(Cc2cccs2)S(=O)(=O)c2ccc(C)cc2)cc1. The summed E-state index contributed by atoms with van der Waals surface area (Å²) in [5, 5.41) is 1.93. The number of ether oxygens (including phenoxy) is 2. The molecule has 3 rings (SSSR count). The molecular formula is C24H25NO4S2. The summed E-state index contributed by atoms with van der Waals surface area (Å²) in [5.74, 6) is 4.25. The summed E-state index contributed by atoms with van der Waals surface area (Å²) in [6.07, 6.45) is 2.68. The Morgan fingerprint density at radius 2 is 1.65 bits per heavy atom. The van der Waals surface area contributed by atoms with Crippen LogP contribution < -0.4 is 9.47 Å². The van der Waals surface area contributed by atoms with E-state index in [0.29, 0.717) is 11.5 Å². The van der Waals surface area contributed by atoms with Gasteiger partial charge in [-0.05, 0) is 74.5 Å². The van der Waals surface area contributed by atoms with Crippen LogP contribution in [0, 0.1) is 19.0 Å². The lowest BCUT2D eigenvalue weighted by Gasteiger charge is -2.33. The largest absolute Gasteiger partial charge is 0.497 e. The summed E-state index contributed by atoms with van der Waals surface area (Å²) in [5.41, 5.74) is -0.0177. The fourth-order valence-electron chi connectivity index (χ4n) is 2.88. The van der Waals surface area contributed by atoms with Gasteiger partial charge in [0.2, 0.25) is 10.0 Å². The molecule has 0 aliphatic carbocycles. The minimum atomic E-state index is -3.79. The zero-order valence-corrected chi connectivity index (χ0v) is 19.6. The fourth-order valence-corrected chi connectivity index (χ4v) is 5.34. The highest BCUT2D eigenvalue weighted by Gasteiger charge is 2.36. The first-order valence-electron chi connectivity index (χ1n) is 9.67. The van der Waals surface area contributed by atoms with Crippen molar-refractivity contribution in [2.24, 2.45) is 0 Å². The maximum atomic E-state index is 13.5. The molecule has 0 aliphatic rings. The van der Waals surface area contributed by atoms with Crippen LogP contribution in [0.2, 0.25) is 0 Å². The van der Waals surface area contributed by atoms with E-state index in [0.717, 1.165) is 10.4 Å². The molecule has 0 saturated carbocycles. The maximum Gasteiger partial charge on any atom is 0.244 e. The number of aryl methyl sites for hydroxylation is 1. The van der Waals surface area contributed by atoms with E-state index in [-0.39, 0.29) is 11.4 Å². The lowest BCUT2D eigenvalue weighted by Crippen LogP contribution is -2.46. The molecular weight excluding hydrogens is 430 g/mol. The molecule has 2 aromatic carbocycles. The van der Waals surface area contributed by atoms with E-state index in [1.807, 2.05) is 24.4 Å². The highest BCUT2D eigenvalue weighted by molar-refractivity contribution is 7.89. The number of rotatable bonds is 7. The van der Waals surface area contributed by atoms with Crippen molar-refractivity contribution < 1.29 is 17.9 Å². The van der Waals surface area contributed by atoms with Crippen molar-refractivity contribution in [3.63, 3.8) is 0 Å². The van der Waals surface area contributed by atoms with Gasteiger partial charge in [-0.3, -0.25) is 0 Å². The van der Waals surface area contributed by atoms with Crippen LogP contribution in [0.5, 0.6) is 11.5 Å². The molecule has 0 saturated heterocycles. The molecule has 5 nitrogen and oxygen atoms in total. The predicted molar refractivity (Wildman–Crippen MR) is 124 cm³/mol. The normalized spacial score (nSPS) is 11.6. The van der Waals surface area contributed by atoms with Gasteiger partial charge in [0.15, 0.2) is 0 Å². The summed E-state index contributed by atoms with van der Waals surface area (Å²) in [6.45, 7) is 5.69. The molecule has 162 valence electrons. The van der Waals surface area contributed by atoms with Crippen LogP contribution >= 0.6 is 11.3 Å². The third kappa shape index (κ3) is 5.67. The van der Waals surface area contributed by atoms with E-state index in [1.165, 1.54) is 15.6 Å². The van der Waals surface area contributed by atoms with Crippen molar-refractivity contribution in [3.05, 3.63) is 76.5 Å². The molecule has 0 atom stereocenters. The Balaban J connectivity index is 1.91. The van der Waals surface area contributed by atoms with Crippen LogP contribution in [0.1, 0.15) is 24.3 Å². The number of sulfonamides is 1. The standard InChI is InChI=1S/C24H25NO4S2/c1-19-7-13-23(14-8-19)31(26,27)25(18-22-6-5-17-30-22)24(2,3)15-16-29-21-11-9-20(28-4)10-12-21/h5-14,17H,18H2,1-4H3. The topological polar surface area (TPSA) is 55.8 Å². The van der Waals surface area contributed by atoms with Gasteiger partial charge in [0.25, 0.3) is 0 Å². The first-order valence-corrected chi connectivity index (χ1v) is 12.0. The van der Waals surface area contributed by atoms with Crippen molar-refractivity contribution >= 4 is 21.4 Å². The predicted octanol–water partition coefficient (Wildman–Crippen LogP) is 5.07. The fraction of sp³-hybridized carbons (Fsp3) is 0.250. The third-order valence-corrected chi connectivity index (χ3v) is 7.59. The average molecular weight is 456 g/mol. The molecule has 0 spiro atoms. The van der Waals surface area contributed by atoms with Crippen molar-refractivity contribution in [1.82, 2.24) is 4.31 Å². The van der Waals surface area contributed by atoms with Crippen LogP contribution in [0.4, 0.5) is 0 Å². The minimum Gasteiger partial charge on any atom is -0.497 e. The molecule has 0 amide bonds. The number of thiophene rings is 1. The van der Waals surface area contributed by atoms with E-state index in [1.54, 1.807) is 69.5 Å². The summed E-state index contributed by atoms with van der Waals surface area (Å²) in [6, 6.07) is 17.7. The zero-order valence-electron chi connectivity index (χ0n) is 18.0. The number of nitrogens with zero attached hydrogens (tertiary/aromatic N) is 1. The lowest BCUT2D eigenvalue weighted by molar-refractivity contribution is 0.285. The van der Waals surface area contributed by atoms with Crippen LogP contribution in [-0.4, -0.2) is 25.4 Å². The molecule has 0 unspecified atom stereocenters. The Labute approximate surface area is 188 Å². The van der Waals surface area contributed by atoms with Crippen LogP contribution in [0.3, 0.4) is 0 Å². The molecule has 31 heavy (non-hydrogen) atoms. The van der Waals surface area contributed by atoms with Crippen molar-refractivity contribution in [1.29, 1.82) is 0 Å². The Hall–Kier alpha value is -2.79. The van der Waals surface area contributed by atoms with Crippen LogP contribution in [-0.2, 0) is 16.6 Å². The summed E-state index contributed by atoms with van der Waals surface area (Å²) < 4.78 is 39.1. The number of hydrogen-bond acceptors (Lipinski definition) is 5. The van der Waals surface area contributed by atoms with Crippen molar-refractivity contribution in [3.8, 4) is 23.5 Å². The monoisotopic (exact) mass is 455 g/mol. The second-order valence-electron chi connectivity index (χ2n) is 7.47. The van der Waals surface area contributed by atoms with Gasteiger partial charge in [0, 0.05) is 11.4 Å². The van der Waals surface area contributed by atoms with Gasteiger partial charge in [0.1, 0.15) is 17.6 Å². The van der Waals surface area contributed by atoms with E-state index < -0.39 is 15.6 Å². The number of hydrogen-bond donors (Lipinski definition) is 0. The molecule has 0 bridgehead atoms. The average Bonchev–Trinajstić information content (AvgIpc) is 3.26. The Kier molecular flexibility index (Phi) is 7.06. The smallest absolute Gasteiger partial charge is 0.244 e. The Morgan fingerprint density at radius 3 is 2.23 bits per heavy atom. The van der Waals surface area contributed by atoms with Gasteiger partial charge in [-0.2, -0.15) is 4.31 Å². The lowest BCUT2D eigenvalue weighted by atomic mass is 10.1. The second kappa shape index (κ2) is 9.56. The van der Waals surface area contributed by atoms with Gasteiger partial charge < -0.3 is 9.47 Å². The van der Waals surface area contributed by atoms with Gasteiger partial charge in [-0.15, -0.1) is 11.3 Å². The summed E-state index contributed by atoms with van der Waals surface area (Å²) in [4.78, 5) is 1.17. The second-order valence-corrected chi connectivity index (χ2v) is 10.4. The highest BCUT2D eigenvalue weighted by atomic mass is 32.2. The first-order chi connectivity index (χ1) is 14.7. The molecule has 7 heteroatoms. The quantitative estimate of drug-likeness (QED) is 0.467. The van der Waals surface area contributed by atoms with Crippen molar-refractivity contribution in [2.45, 2.75) is 37.8 Å². The molecule has 1 aromatic heterocycles. The summed E-state index contributed by atoms with van der Waals surface area (Å²) in [7, 11) is -2.20. The first kappa shape index (κ1) is 22.9. The maximum absolute atomic E-state index is 13.5. The number of methoxy groups -OCH3 is 1. The van der Waals surface area contributed by atoms with Crippen LogP contribution in [0.25, 0.3) is 0 Å². The highest BCUT2D eigenvalue weighted by Crippen LogP contribution is 2.28. The van der Waals surface area contributed by atoms with Gasteiger partial charge in [0.05, 0.1) is 17.5 Å². The Bertz CT molecular complexity index is 1160. The van der Waals surface area contributed by atoms with E-state index in [4.69, 9.17) is 9.47 Å². The molecule has 0 fully saturated rings. The summed E-state index contributed by atoms with van der Waals surface area (Å²) >= 11 is 1.51. The molecule has 0 radical (unpaired) electrons. The van der Waals surface area contributed by atoms with Gasteiger partial charge >= 0.3 is 0 Å². The molecule has 3 aromatic rings. The van der Waals surface area contributed by atoms with Gasteiger partial charge in [-0.1, -0.05) is 23.8 Å². The molecule has 1 heterocycles. The zero-order chi connectivity index (χ0) is 22.5. The molecule has 0 N–H and O–H groups in total. The minimum absolute atomic E-state index is 0.220. The van der Waals surface area contributed by atoms with E-state index in [9.17, 15) is 8.42 Å². The number of benzene rings is 2. The van der Waals surface area contributed by atoms with E-state index in [2.05, 4.69) is 12.0 Å².